The summed E-state index contributed by atoms with van der Waals surface area (Å²) in [6, 6.07) is 12.5. The molecule has 0 radical (unpaired) electrons. The van der Waals surface area contributed by atoms with Gasteiger partial charge in [0.2, 0.25) is 0 Å². The third-order valence-corrected chi connectivity index (χ3v) is 3.27. The molecule has 0 aliphatic heterocycles. The van der Waals surface area contributed by atoms with E-state index in [9.17, 15) is 9.59 Å². The second-order valence-electron chi connectivity index (χ2n) is 5.09. The molecule has 0 amide bonds. The van der Waals surface area contributed by atoms with E-state index in [4.69, 9.17) is 14.6 Å². The van der Waals surface area contributed by atoms with Gasteiger partial charge in [-0.25, -0.2) is 9.59 Å². The summed E-state index contributed by atoms with van der Waals surface area (Å²) in [4.78, 5) is 23.1. The van der Waals surface area contributed by atoms with Crippen LogP contribution in [0.25, 0.3) is 0 Å². The van der Waals surface area contributed by atoms with Gasteiger partial charge in [0, 0.05) is 0 Å². The first-order chi connectivity index (χ1) is 11.0. The molecule has 0 heterocycles. The Labute approximate surface area is 134 Å². The van der Waals surface area contributed by atoms with Gasteiger partial charge in [-0.1, -0.05) is 19.1 Å². The summed E-state index contributed by atoms with van der Waals surface area (Å²) < 4.78 is 10.9. The van der Waals surface area contributed by atoms with Crippen molar-refractivity contribution in [3.05, 3.63) is 59.7 Å². The van der Waals surface area contributed by atoms with Crippen molar-refractivity contribution in [2.45, 2.75) is 26.4 Å². The summed E-state index contributed by atoms with van der Waals surface area (Å²) in [6.07, 6.45) is 0.907. The van der Waals surface area contributed by atoms with Crippen molar-refractivity contribution in [2.24, 2.45) is 0 Å². The molecule has 2 rings (SSSR count). The first-order valence-corrected chi connectivity index (χ1v) is 7.32. The molecule has 0 aromatic heterocycles. The van der Waals surface area contributed by atoms with Crippen molar-refractivity contribution in [1.29, 1.82) is 0 Å². The van der Waals surface area contributed by atoms with Gasteiger partial charge in [-0.2, -0.15) is 0 Å². The van der Waals surface area contributed by atoms with Gasteiger partial charge in [-0.3, -0.25) is 0 Å². The van der Waals surface area contributed by atoms with Crippen LogP contribution in [-0.2, 0) is 0 Å². The summed E-state index contributed by atoms with van der Waals surface area (Å²) in [5, 5.41) is 8.95. The molecule has 0 spiro atoms. The average Bonchev–Trinajstić information content (AvgIpc) is 2.55. The van der Waals surface area contributed by atoms with Crippen molar-refractivity contribution in [2.75, 3.05) is 0 Å². The second-order valence-corrected chi connectivity index (χ2v) is 5.09. The van der Waals surface area contributed by atoms with Crippen LogP contribution in [0.5, 0.6) is 11.5 Å². The maximum atomic E-state index is 12.2. The number of carbonyl (C=O) groups is 2. The van der Waals surface area contributed by atoms with E-state index in [1.54, 1.807) is 24.3 Å². The molecule has 0 aliphatic carbocycles. The molecular weight excluding hydrogens is 296 g/mol. The Kier molecular flexibility index (Phi) is 5.36. The molecule has 5 heteroatoms. The zero-order chi connectivity index (χ0) is 16.8. The second kappa shape index (κ2) is 7.45. The van der Waals surface area contributed by atoms with Crippen LogP contribution in [0.1, 0.15) is 41.0 Å². The zero-order valence-electron chi connectivity index (χ0n) is 13.0. The van der Waals surface area contributed by atoms with E-state index < -0.39 is 11.9 Å². The van der Waals surface area contributed by atoms with Gasteiger partial charge in [-0.05, 0) is 49.7 Å². The van der Waals surface area contributed by atoms with Gasteiger partial charge in [-0.15, -0.1) is 0 Å². The van der Waals surface area contributed by atoms with Crippen LogP contribution in [-0.4, -0.2) is 23.1 Å². The minimum atomic E-state index is -1.08. The van der Waals surface area contributed by atoms with Gasteiger partial charge in [0.1, 0.15) is 11.5 Å². The molecule has 2 aromatic carbocycles. The minimum absolute atomic E-state index is 0.0496. The zero-order valence-corrected chi connectivity index (χ0v) is 13.0. The van der Waals surface area contributed by atoms with Gasteiger partial charge in [0.05, 0.1) is 17.2 Å². The molecule has 0 saturated carbocycles. The summed E-state index contributed by atoms with van der Waals surface area (Å²) in [5.41, 5.74) is 0.399. The highest BCUT2D eigenvalue weighted by atomic mass is 16.5. The highest BCUT2D eigenvalue weighted by molar-refractivity contribution is 5.92. The van der Waals surface area contributed by atoms with E-state index in [-0.39, 0.29) is 17.4 Å². The van der Waals surface area contributed by atoms with Crippen molar-refractivity contribution >= 4 is 11.9 Å². The number of hydrogen-bond acceptors (Lipinski definition) is 4. The van der Waals surface area contributed by atoms with Crippen LogP contribution in [0.4, 0.5) is 0 Å². The van der Waals surface area contributed by atoms with Gasteiger partial charge in [0.15, 0.2) is 0 Å². The fourth-order valence-electron chi connectivity index (χ4n) is 1.87. The van der Waals surface area contributed by atoms with Crippen LogP contribution in [0.3, 0.4) is 0 Å². The van der Waals surface area contributed by atoms with E-state index in [0.29, 0.717) is 11.3 Å². The maximum Gasteiger partial charge on any atom is 0.343 e. The largest absolute Gasteiger partial charge is 0.491 e. The molecule has 5 nitrogen and oxygen atoms in total. The van der Waals surface area contributed by atoms with Gasteiger partial charge >= 0.3 is 11.9 Å². The number of ether oxygens (including phenoxy) is 2. The van der Waals surface area contributed by atoms with E-state index in [1.165, 1.54) is 24.3 Å². The summed E-state index contributed by atoms with van der Waals surface area (Å²) in [7, 11) is 0. The Balaban J connectivity index is 2.13. The van der Waals surface area contributed by atoms with Crippen LogP contribution in [0, 0.1) is 0 Å². The summed E-state index contributed by atoms with van der Waals surface area (Å²) >= 11 is 0. The molecule has 1 N–H and O–H groups in total. The predicted molar refractivity (Wildman–Crippen MR) is 85.2 cm³/mol. The number of carbonyl (C=O) groups excluding carboxylic acids is 1. The van der Waals surface area contributed by atoms with E-state index in [0.717, 1.165) is 6.42 Å². The van der Waals surface area contributed by atoms with Crippen LogP contribution < -0.4 is 9.47 Å². The van der Waals surface area contributed by atoms with Crippen LogP contribution in [0.15, 0.2) is 48.5 Å². The molecule has 0 fully saturated rings. The molecule has 1 unspecified atom stereocenters. The van der Waals surface area contributed by atoms with E-state index in [1.807, 2.05) is 13.8 Å². The molecular formula is C18H18O5. The molecule has 0 aliphatic rings. The van der Waals surface area contributed by atoms with E-state index in [2.05, 4.69) is 0 Å². The van der Waals surface area contributed by atoms with E-state index >= 15 is 0 Å². The number of rotatable bonds is 6. The molecule has 2 aromatic rings. The lowest BCUT2D eigenvalue weighted by Crippen LogP contribution is -2.12. The summed E-state index contributed by atoms with van der Waals surface area (Å²) in [5.74, 6) is -0.870. The van der Waals surface area contributed by atoms with Crippen molar-refractivity contribution in [3.8, 4) is 11.5 Å². The molecule has 1 atom stereocenters. The lowest BCUT2D eigenvalue weighted by atomic mass is 10.2. The normalized spacial score (nSPS) is 11.6. The Morgan fingerprint density at radius 3 is 2.30 bits per heavy atom. The van der Waals surface area contributed by atoms with Crippen molar-refractivity contribution in [1.82, 2.24) is 0 Å². The molecule has 0 saturated heterocycles. The van der Waals surface area contributed by atoms with Gasteiger partial charge in [0.25, 0.3) is 0 Å². The number of hydrogen-bond donors (Lipinski definition) is 1. The fraction of sp³-hybridized carbons (Fsp3) is 0.222. The molecule has 0 bridgehead atoms. The smallest absolute Gasteiger partial charge is 0.343 e. The average molecular weight is 314 g/mol. The van der Waals surface area contributed by atoms with Crippen LogP contribution in [0.2, 0.25) is 0 Å². The number of aromatic carboxylic acids is 1. The quantitative estimate of drug-likeness (QED) is 0.649. The minimum Gasteiger partial charge on any atom is -0.491 e. The highest BCUT2D eigenvalue weighted by Gasteiger charge is 2.12. The number of benzene rings is 2. The Hall–Kier alpha value is -2.82. The first kappa shape index (κ1) is 16.5. The topological polar surface area (TPSA) is 72.8 Å². The number of esters is 1. The monoisotopic (exact) mass is 314 g/mol. The first-order valence-electron chi connectivity index (χ1n) is 7.32. The number of carboxylic acids is 1. The Morgan fingerprint density at radius 1 is 1.04 bits per heavy atom. The van der Waals surface area contributed by atoms with Crippen molar-refractivity contribution < 1.29 is 24.2 Å². The fourth-order valence-corrected chi connectivity index (χ4v) is 1.87. The third-order valence-electron chi connectivity index (χ3n) is 3.27. The lowest BCUT2D eigenvalue weighted by molar-refractivity contribution is 0.0687. The SMILES string of the molecule is CCC(C)Oc1cccc(C(=O)Oc2cccc(C(=O)O)c2)c1. The van der Waals surface area contributed by atoms with Crippen molar-refractivity contribution in [3.63, 3.8) is 0 Å². The lowest BCUT2D eigenvalue weighted by Gasteiger charge is -2.13. The Bertz CT molecular complexity index is 708. The third kappa shape index (κ3) is 4.57. The summed E-state index contributed by atoms with van der Waals surface area (Å²) in [6.45, 7) is 3.96. The number of carboxylic acid groups (broad SMARTS) is 1. The molecule has 120 valence electrons. The van der Waals surface area contributed by atoms with Gasteiger partial charge < -0.3 is 14.6 Å². The Morgan fingerprint density at radius 2 is 1.65 bits per heavy atom. The standard InChI is InChI=1S/C18H18O5/c1-3-12(2)22-15-8-5-7-14(11-15)18(21)23-16-9-4-6-13(10-16)17(19)20/h4-12H,3H2,1-2H3,(H,19,20). The van der Waals surface area contributed by atoms with Crippen LogP contribution >= 0.6 is 0 Å². The maximum absolute atomic E-state index is 12.2. The molecule has 23 heavy (non-hydrogen) atoms. The predicted octanol–water partition coefficient (Wildman–Crippen LogP) is 3.78. The highest BCUT2D eigenvalue weighted by Crippen LogP contribution is 2.19.